The number of pyridine rings is 1. The lowest BCUT2D eigenvalue weighted by Gasteiger charge is -2.26. The van der Waals surface area contributed by atoms with Crippen molar-refractivity contribution in [1.82, 2.24) is 15.6 Å². The van der Waals surface area contributed by atoms with Crippen LogP contribution in [0.2, 0.25) is 0 Å². The van der Waals surface area contributed by atoms with E-state index in [1.807, 2.05) is 13.8 Å². The Bertz CT molecular complexity index is 581. The molecule has 2 heterocycles. The fourth-order valence-corrected chi connectivity index (χ4v) is 3.19. The lowest BCUT2D eigenvalue weighted by atomic mass is 10.1. The third kappa shape index (κ3) is 3.06. The number of ether oxygens (including phenoxy) is 1. The van der Waals surface area contributed by atoms with Crippen LogP contribution in [0, 0.1) is 30.5 Å². The first kappa shape index (κ1) is 15.2. The lowest BCUT2D eigenvalue weighted by Crippen LogP contribution is -2.49. The molecule has 1 aromatic rings. The van der Waals surface area contributed by atoms with Gasteiger partial charge < -0.3 is 15.4 Å². The van der Waals surface area contributed by atoms with Crippen LogP contribution in [-0.4, -0.2) is 36.1 Å². The minimum absolute atomic E-state index is 0.105. The quantitative estimate of drug-likeness (QED) is 0.860. The van der Waals surface area contributed by atoms with Crippen LogP contribution < -0.4 is 15.4 Å². The minimum Gasteiger partial charge on any atom is -0.475 e. The molecule has 5 nitrogen and oxygen atoms in total. The van der Waals surface area contributed by atoms with Crippen molar-refractivity contribution in [3.63, 3.8) is 0 Å². The van der Waals surface area contributed by atoms with Crippen molar-refractivity contribution in [2.24, 2.45) is 17.8 Å². The molecule has 1 aromatic heterocycles. The number of carbonyl (C=O) groups is 1. The predicted octanol–water partition coefficient (Wildman–Crippen LogP) is 1.27. The summed E-state index contributed by atoms with van der Waals surface area (Å²) in [6, 6.07) is 1.38. The van der Waals surface area contributed by atoms with Crippen molar-refractivity contribution in [2.75, 3.05) is 19.7 Å². The molecule has 0 bridgehead atoms. The van der Waals surface area contributed by atoms with Gasteiger partial charge in [0.15, 0.2) is 0 Å². The van der Waals surface area contributed by atoms with Crippen LogP contribution in [-0.2, 0) is 4.79 Å². The van der Waals surface area contributed by atoms with Gasteiger partial charge in [0, 0.05) is 11.5 Å². The molecule has 1 amide bonds. The molecule has 1 aliphatic carbocycles. The van der Waals surface area contributed by atoms with E-state index in [1.54, 1.807) is 6.92 Å². The Hall–Kier alpha value is -1.69. The van der Waals surface area contributed by atoms with Gasteiger partial charge in [0.2, 0.25) is 11.8 Å². The first-order valence-electron chi connectivity index (χ1n) is 7.65. The SMILES string of the molecule is Cc1cc(F)cnc1OCC(C)(C)NC(=O)C1C2CNC[C@H]21. The normalized spacial score (nSPS) is 26.5. The van der Waals surface area contributed by atoms with Crippen LogP contribution >= 0.6 is 0 Å². The molecular weight excluding hydrogens is 285 g/mol. The van der Waals surface area contributed by atoms with E-state index < -0.39 is 5.54 Å². The Labute approximate surface area is 129 Å². The smallest absolute Gasteiger partial charge is 0.224 e. The second-order valence-electron chi connectivity index (χ2n) is 6.95. The Kier molecular flexibility index (Phi) is 3.80. The zero-order chi connectivity index (χ0) is 15.9. The first-order valence-corrected chi connectivity index (χ1v) is 7.65. The highest BCUT2D eigenvalue weighted by molar-refractivity contribution is 5.83. The van der Waals surface area contributed by atoms with Crippen LogP contribution in [0.1, 0.15) is 19.4 Å². The van der Waals surface area contributed by atoms with Gasteiger partial charge in [-0.25, -0.2) is 9.37 Å². The number of fused-ring (bicyclic) bond motifs is 1. The summed E-state index contributed by atoms with van der Waals surface area (Å²) in [5.74, 6) is 1.26. The maximum absolute atomic E-state index is 13.0. The number of hydrogen-bond donors (Lipinski definition) is 2. The number of carbonyl (C=O) groups excluding carboxylic acids is 1. The van der Waals surface area contributed by atoms with Crippen LogP contribution in [0.15, 0.2) is 12.3 Å². The molecule has 0 radical (unpaired) electrons. The molecular formula is C16H22FN3O2. The summed E-state index contributed by atoms with van der Waals surface area (Å²) in [7, 11) is 0. The molecule has 1 saturated carbocycles. The van der Waals surface area contributed by atoms with E-state index >= 15 is 0 Å². The van der Waals surface area contributed by atoms with Crippen LogP contribution in [0.25, 0.3) is 0 Å². The van der Waals surface area contributed by atoms with Gasteiger partial charge in [-0.05, 0) is 51.8 Å². The number of nitrogens with zero attached hydrogens (tertiary/aromatic N) is 1. The van der Waals surface area contributed by atoms with Gasteiger partial charge in [-0.2, -0.15) is 0 Å². The monoisotopic (exact) mass is 307 g/mol. The molecule has 1 saturated heterocycles. The molecule has 120 valence electrons. The third-order valence-electron chi connectivity index (χ3n) is 4.42. The molecule has 2 fully saturated rings. The van der Waals surface area contributed by atoms with Crippen molar-refractivity contribution in [3.8, 4) is 5.88 Å². The number of aromatic nitrogens is 1. The highest BCUT2D eigenvalue weighted by Crippen LogP contribution is 2.48. The van der Waals surface area contributed by atoms with E-state index in [-0.39, 0.29) is 17.6 Å². The number of amides is 1. The summed E-state index contributed by atoms with van der Waals surface area (Å²) in [6.07, 6.45) is 1.13. The van der Waals surface area contributed by atoms with Crippen molar-refractivity contribution in [3.05, 3.63) is 23.6 Å². The molecule has 3 rings (SSSR count). The number of rotatable bonds is 5. The number of piperidine rings is 1. The standard InChI is InChI=1S/C16H22FN3O2/c1-9-4-10(17)5-19-15(9)22-8-16(2,3)20-14(21)13-11-6-18-7-12(11)13/h4-5,11-13,18H,6-8H2,1-3H3,(H,20,21)/t11-,12?,13?/m1/s1. The van der Waals surface area contributed by atoms with Crippen LogP contribution in [0.5, 0.6) is 5.88 Å². The van der Waals surface area contributed by atoms with Gasteiger partial charge in [0.05, 0.1) is 11.7 Å². The number of nitrogens with one attached hydrogen (secondary N) is 2. The van der Waals surface area contributed by atoms with Crippen molar-refractivity contribution < 1.29 is 13.9 Å². The van der Waals surface area contributed by atoms with Gasteiger partial charge >= 0.3 is 0 Å². The summed E-state index contributed by atoms with van der Waals surface area (Å²) >= 11 is 0. The van der Waals surface area contributed by atoms with E-state index in [2.05, 4.69) is 15.6 Å². The molecule has 3 atom stereocenters. The Morgan fingerprint density at radius 3 is 2.82 bits per heavy atom. The van der Waals surface area contributed by atoms with Gasteiger partial charge in [-0.1, -0.05) is 0 Å². The average Bonchev–Trinajstić information content (AvgIpc) is 2.91. The molecule has 22 heavy (non-hydrogen) atoms. The highest BCUT2D eigenvalue weighted by Gasteiger charge is 2.57. The molecule has 1 aliphatic heterocycles. The van der Waals surface area contributed by atoms with Crippen molar-refractivity contribution in [1.29, 1.82) is 0 Å². The van der Waals surface area contributed by atoms with Crippen molar-refractivity contribution in [2.45, 2.75) is 26.3 Å². The first-order chi connectivity index (χ1) is 10.4. The zero-order valence-corrected chi connectivity index (χ0v) is 13.1. The van der Waals surface area contributed by atoms with E-state index in [9.17, 15) is 9.18 Å². The van der Waals surface area contributed by atoms with Crippen LogP contribution in [0.3, 0.4) is 0 Å². The van der Waals surface area contributed by atoms with E-state index in [4.69, 9.17) is 4.74 Å². The van der Waals surface area contributed by atoms with Crippen LogP contribution in [0.4, 0.5) is 4.39 Å². The maximum atomic E-state index is 13.0. The largest absolute Gasteiger partial charge is 0.475 e. The van der Waals surface area contributed by atoms with E-state index in [0.717, 1.165) is 19.3 Å². The topological polar surface area (TPSA) is 63.2 Å². The highest BCUT2D eigenvalue weighted by atomic mass is 19.1. The molecule has 0 aromatic carbocycles. The van der Waals surface area contributed by atoms with Gasteiger partial charge in [0.1, 0.15) is 12.4 Å². The lowest BCUT2D eigenvalue weighted by molar-refractivity contribution is -0.125. The van der Waals surface area contributed by atoms with Gasteiger partial charge in [0.25, 0.3) is 0 Å². The minimum atomic E-state index is -0.496. The third-order valence-corrected chi connectivity index (χ3v) is 4.42. The predicted molar refractivity (Wildman–Crippen MR) is 80.0 cm³/mol. The average molecular weight is 307 g/mol. The molecule has 0 spiro atoms. The summed E-state index contributed by atoms with van der Waals surface area (Å²) in [5.41, 5.74) is 0.147. The second-order valence-corrected chi connectivity index (χ2v) is 6.95. The van der Waals surface area contributed by atoms with Gasteiger partial charge in [-0.3, -0.25) is 4.79 Å². The fraction of sp³-hybridized carbons (Fsp3) is 0.625. The Morgan fingerprint density at radius 1 is 1.50 bits per heavy atom. The molecule has 2 aliphatic rings. The Balaban J connectivity index is 1.53. The molecule has 2 N–H and O–H groups in total. The van der Waals surface area contributed by atoms with E-state index in [1.165, 1.54) is 6.07 Å². The molecule has 6 heteroatoms. The number of aryl methyl sites for hydroxylation is 1. The van der Waals surface area contributed by atoms with Crippen molar-refractivity contribution >= 4 is 5.91 Å². The fourth-order valence-electron chi connectivity index (χ4n) is 3.19. The summed E-state index contributed by atoms with van der Waals surface area (Å²) in [6.45, 7) is 7.75. The maximum Gasteiger partial charge on any atom is 0.224 e. The molecule has 2 unspecified atom stereocenters. The number of hydrogen-bond acceptors (Lipinski definition) is 4. The zero-order valence-electron chi connectivity index (χ0n) is 13.1. The number of halogens is 1. The summed E-state index contributed by atoms with van der Waals surface area (Å²) < 4.78 is 18.7. The summed E-state index contributed by atoms with van der Waals surface area (Å²) in [4.78, 5) is 16.2. The Morgan fingerprint density at radius 2 is 2.18 bits per heavy atom. The second kappa shape index (κ2) is 5.50. The van der Waals surface area contributed by atoms with Gasteiger partial charge in [-0.15, -0.1) is 0 Å². The van der Waals surface area contributed by atoms with E-state index in [0.29, 0.717) is 29.9 Å². The summed E-state index contributed by atoms with van der Waals surface area (Å²) in [5, 5.41) is 6.34.